The Labute approximate surface area is 139 Å². The Balaban J connectivity index is 1.98. The van der Waals surface area contributed by atoms with Crippen LogP contribution in [0.5, 0.6) is 5.75 Å². The maximum atomic E-state index is 12.0. The number of nitrogens with one attached hydrogen (secondary N) is 2. The van der Waals surface area contributed by atoms with Gasteiger partial charge in [0.15, 0.2) is 0 Å². The van der Waals surface area contributed by atoms with Crippen LogP contribution in [0.3, 0.4) is 0 Å². The van der Waals surface area contributed by atoms with E-state index in [9.17, 15) is 13.2 Å². The van der Waals surface area contributed by atoms with Gasteiger partial charge in [-0.2, -0.15) is 0 Å². The van der Waals surface area contributed by atoms with Gasteiger partial charge >= 0.3 is 0 Å². The average Bonchev–Trinajstić information content (AvgIpc) is 3.02. The highest BCUT2D eigenvalue weighted by Gasteiger charge is 2.17. The third-order valence-corrected chi connectivity index (χ3v) is 5.51. The molecule has 1 amide bonds. The van der Waals surface area contributed by atoms with Gasteiger partial charge in [0.1, 0.15) is 9.96 Å². The zero-order valence-electron chi connectivity index (χ0n) is 12.8. The maximum Gasteiger partial charge on any atom is 0.250 e. The number of amides is 1. The van der Waals surface area contributed by atoms with E-state index in [1.165, 1.54) is 6.07 Å². The topological polar surface area (TPSA) is 84.5 Å². The number of anilines is 1. The van der Waals surface area contributed by atoms with Crippen molar-refractivity contribution >= 4 is 33.0 Å². The minimum Gasteiger partial charge on any atom is -0.489 e. The molecule has 1 heterocycles. The first-order chi connectivity index (χ1) is 10.9. The number of thiophene rings is 1. The average molecular weight is 354 g/mol. The summed E-state index contributed by atoms with van der Waals surface area (Å²) in [5, 5.41) is 4.31. The first-order valence-electron chi connectivity index (χ1n) is 6.97. The van der Waals surface area contributed by atoms with Crippen LogP contribution in [0.4, 0.5) is 5.69 Å². The second-order valence-electron chi connectivity index (χ2n) is 4.97. The van der Waals surface area contributed by atoms with Gasteiger partial charge < -0.3 is 10.1 Å². The van der Waals surface area contributed by atoms with Gasteiger partial charge in [-0.05, 0) is 37.4 Å². The molecule has 0 saturated heterocycles. The van der Waals surface area contributed by atoms with E-state index in [4.69, 9.17) is 4.74 Å². The van der Waals surface area contributed by atoms with E-state index in [2.05, 4.69) is 10.0 Å². The summed E-state index contributed by atoms with van der Waals surface area (Å²) in [6, 6.07) is 10.1. The van der Waals surface area contributed by atoms with Crippen LogP contribution in [0.25, 0.3) is 0 Å². The zero-order valence-corrected chi connectivity index (χ0v) is 14.4. The molecule has 6 nitrogen and oxygen atoms in total. The Morgan fingerprint density at radius 2 is 1.96 bits per heavy atom. The molecule has 0 aliphatic carbocycles. The molecule has 23 heavy (non-hydrogen) atoms. The van der Waals surface area contributed by atoms with E-state index in [0.29, 0.717) is 11.4 Å². The smallest absolute Gasteiger partial charge is 0.250 e. The first kappa shape index (κ1) is 17.5. The number of hydrogen-bond acceptors (Lipinski definition) is 5. The minimum absolute atomic E-state index is 0.0367. The van der Waals surface area contributed by atoms with Crippen LogP contribution in [0.2, 0.25) is 0 Å². The number of carbonyl (C=O) groups excluding carboxylic acids is 1. The predicted octanol–water partition coefficient (Wildman–Crippen LogP) is 2.45. The summed E-state index contributed by atoms with van der Waals surface area (Å²) in [6.45, 7) is 3.41. The number of rotatable bonds is 7. The lowest BCUT2D eigenvalue weighted by Crippen LogP contribution is -2.32. The van der Waals surface area contributed by atoms with Gasteiger partial charge in [0, 0.05) is 0 Å². The lowest BCUT2D eigenvalue weighted by atomic mass is 10.3. The third-order valence-electron chi connectivity index (χ3n) is 2.71. The van der Waals surface area contributed by atoms with Crippen LogP contribution in [0.1, 0.15) is 13.8 Å². The molecule has 0 bridgehead atoms. The van der Waals surface area contributed by atoms with Crippen LogP contribution in [-0.4, -0.2) is 27.0 Å². The molecule has 2 N–H and O–H groups in total. The molecule has 8 heteroatoms. The highest BCUT2D eigenvalue weighted by Crippen LogP contribution is 2.24. The van der Waals surface area contributed by atoms with E-state index in [-0.39, 0.29) is 16.9 Å². The van der Waals surface area contributed by atoms with E-state index in [1.54, 1.807) is 35.7 Å². The fourth-order valence-corrected chi connectivity index (χ4v) is 3.79. The monoisotopic (exact) mass is 354 g/mol. The van der Waals surface area contributed by atoms with Gasteiger partial charge in [-0.3, -0.25) is 4.79 Å². The van der Waals surface area contributed by atoms with E-state index >= 15 is 0 Å². The Bertz CT molecular complexity index is 756. The molecule has 0 spiro atoms. The Kier molecular flexibility index (Phi) is 5.75. The largest absolute Gasteiger partial charge is 0.489 e. The second kappa shape index (κ2) is 7.58. The molecule has 0 aliphatic heterocycles. The Morgan fingerprint density at radius 1 is 1.22 bits per heavy atom. The lowest BCUT2D eigenvalue weighted by Gasteiger charge is -2.14. The molecule has 0 saturated carbocycles. The molecule has 1 aromatic heterocycles. The standard InChI is InChI=1S/C15H18N2O4S2/c1-11(2)21-13-7-4-3-6-12(13)17-14(18)10-16-23(19,20)15-8-5-9-22-15/h3-9,11,16H,10H2,1-2H3,(H,17,18). The molecule has 0 atom stereocenters. The maximum absolute atomic E-state index is 12.0. The summed E-state index contributed by atoms with van der Waals surface area (Å²) in [4.78, 5) is 12.0. The van der Waals surface area contributed by atoms with Gasteiger partial charge in [0.2, 0.25) is 5.91 Å². The molecule has 0 unspecified atom stereocenters. The SMILES string of the molecule is CC(C)Oc1ccccc1NC(=O)CNS(=O)(=O)c1cccs1. The van der Waals surface area contributed by atoms with Gasteiger partial charge in [-0.25, -0.2) is 13.1 Å². The summed E-state index contributed by atoms with van der Waals surface area (Å²) in [5.74, 6) is 0.0712. The predicted molar refractivity (Wildman–Crippen MR) is 90.3 cm³/mol. The van der Waals surface area contributed by atoms with Gasteiger partial charge in [-0.15, -0.1) is 11.3 Å². The molecular weight excluding hydrogens is 336 g/mol. The molecule has 0 aliphatic rings. The van der Waals surface area contributed by atoms with Crippen LogP contribution in [0.15, 0.2) is 46.0 Å². The fraction of sp³-hybridized carbons (Fsp3) is 0.267. The number of ether oxygens (including phenoxy) is 1. The van der Waals surface area contributed by atoms with Crippen molar-refractivity contribution < 1.29 is 17.9 Å². The first-order valence-corrected chi connectivity index (χ1v) is 9.33. The number of sulfonamides is 1. The van der Waals surface area contributed by atoms with Crippen molar-refractivity contribution in [2.45, 2.75) is 24.2 Å². The molecular formula is C15H18N2O4S2. The number of carbonyl (C=O) groups is 1. The van der Waals surface area contributed by atoms with Gasteiger partial charge in [-0.1, -0.05) is 18.2 Å². The van der Waals surface area contributed by atoms with E-state index in [0.717, 1.165) is 11.3 Å². The van der Waals surface area contributed by atoms with Crippen molar-refractivity contribution in [2.24, 2.45) is 0 Å². The van der Waals surface area contributed by atoms with Crippen molar-refractivity contribution in [3.8, 4) is 5.75 Å². The van der Waals surface area contributed by atoms with E-state index < -0.39 is 15.9 Å². The van der Waals surface area contributed by atoms with Crippen LogP contribution < -0.4 is 14.8 Å². The minimum atomic E-state index is -3.66. The Hall–Kier alpha value is -1.90. The van der Waals surface area contributed by atoms with Gasteiger partial charge in [0.05, 0.1) is 18.3 Å². The van der Waals surface area contributed by atoms with Crippen molar-refractivity contribution in [3.63, 3.8) is 0 Å². The highest BCUT2D eigenvalue weighted by atomic mass is 32.2. The van der Waals surface area contributed by atoms with Crippen LogP contribution in [0, 0.1) is 0 Å². The van der Waals surface area contributed by atoms with Crippen molar-refractivity contribution in [1.29, 1.82) is 0 Å². The lowest BCUT2D eigenvalue weighted by molar-refractivity contribution is -0.115. The van der Waals surface area contributed by atoms with Crippen LogP contribution in [-0.2, 0) is 14.8 Å². The molecule has 0 radical (unpaired) electrons. The summed E-state index contributed by atoms with van der Waals surface area (Å²) in [5.41, 5.74) is 0.501. The molecule has 124 valence electrons. The third kappa shape index (κ3) is 5.05. The molecule has 0 fully saturated rings. The summed E-state index contributed by atoms with van der Waals surface area (Å²) in [7, 11) is -3.66. The van der Waals surface area contributed by atoms with Crippen molar-refractivity contribution in [1.82, 2.24) is 4.72 Å². The zero-order chi connectivity index (χ0) is 16.9. The number of hydrogen-bond donors (Lipinski definition) is 2. The highest BCUT2D eigenvalue weighted by molar-refractivity contribution is 7.91. The second-order valence-corrected chi connectivity index (χ2v) is 7.91. The Morgan fingerprint density at radius 3 is 2.61 bits per heavy atom. The summed E-state index contributed by atoms with van der Waals surface area (Å²) < 4.78 is 32.0. The molecule has 1 aromatic carbocycles. The fourth-order valence-electron chi connectivity index (χ4n) is 1.77. The van der Waals surface area contributed by atoms with E-state index in [1.807, 2.05) is 13.8 Å². The molecule has 2 aromatic rings. The number of benzene rings is 1. The van der Waals surface area contributed by atoms with Crippen LogP contribution >= 0.6 is 11.3 Å². The number of para-hydroxylation sites is 2. The molecule has 2 rings (SSSR count). The quantitative estimate of drug-likeness (QED) is 0.800. The van der Waals surface area contributed by atoms with Gasteiger partial charge in [0.25, 0.3) is 10.0 Å². The summed E-state index contributed by atoms with van der Waals surface area (Å²) in [6.07, 6.45) is -0.0367. The van der Waals surface area contributed by atoms with Crippen molar-refractivity contribution in [2.75, 3.05) is 11.9 Å². The normalized spacial score (nSPS) is 11.4. The summed E-state index contributed by atoms with van der Waals surface area (Å²) >= 11 is 1.09. The van der Waals surface area contributed by atoms with Crippen molar-refractivity contribution in [3.05, 3.63) is 41.8 Å².